The van der Waals surface area contributed by atoms with Gasteiger partial charge in [0.1, 0.15) is 12.2 Å². The lowest BCUT2D eigenvalue weighted by Crippen LogP contribution is -2.37. The van der Waals surface area contributed by atoms with Crippen LogP contribution in [0.15, 0.2) is 0 Å². The summed E-state index contributed by atoms with van der Waals surface area (Å²) in [5.41, 5.74) is 0. The summed E-state index contributed by atoms with van der Waals surface area (Å²) in [6, 6.07) is 0. The number of hydrogen-bond acceptors (Lipinski definition) is 4. The molecule has 2 rings (SSSR count). The molecule has 1 aliphatic carbocycles. The average molecular weight is 228 g/mol. The first-order valence-electron chi connectivity index (χ1n) is 5.64. The van der Waals surface area contributed by atoms with Crippen LogP contribution in [0.2, 0.25) is 0 Å². The minimum absolute atomic E-state index is 0.130. The van der Waals surface area contributed by atoms with Crippen molar-refractivity contribution in [3.05, 3.63) is 0 Å². The Bertz CT molecular complexity index is 283. The Morgan fingerprint density at radius 1 is 1.19 bits per heavy atom. The third kappa shape index (κ3) is 2.41. The Kier molecular flexibility index (Phi) is 3.25. The molecule has 0 unspecified atom stereocenters. The fourth-order valence-electron chi connectivity index (χ4n) is 2.46. The van der Waals surface area contributed by atoms with Crippen LogP contribution in [0.4, 0.5) is 0 Å². The molecule has 0 atom stereocenters. The molecule has 2 fully saturated rings. The molecule has 0 amide bonds. The lowest BCUT2D eigenvalue weighted by molar-refractivity contribution is -0.183. The molecule has 0 bridgehead atoms. The number of ether oxygens (including phenoxy) is 2. The molecule has 90 valence electrons. The largest absolute Gasteiger partial charge is 0.481 e. The van der Waals surface area contributed by atoms with Crippen LogP contribution >= 0.6 is 0 Å². The number of rotatable bonds is 3. The topological polar surface area (TPSA) is 72.8 Å². The van der Waals surface area contributed by atoms with E-state index in [4.69, 9.17) is 14.6 Å². The van der Waals surface area contributed by atoms with Crippen LogP contribution in [0.3, 0.4) is 0 Å². The molecule has 1 N–H and O–H groups in total. The predicted molar refractivity (Wildman–Crippen MR) is 53.9 cm³/mol. The quantitative estimate of drug-likeness (QED) is 0.728. The maximum absolute atomic E-state index is 11.5. The summed E-state index contributed by atoms with van der Waals surface area (Å²) >= 11 is 0. The lowest BCUT2D eigenvalue weighted by atomic mass is 9.82. The standard InChI is InChI=1S/C11H16O5/c12-9(7-10(13)14)8-1-3-11(4-2-8)15-5-6-16-11/h8H,1-7H2,(H,13,14). The normalized spacial score (nSPS) is 24.8. The van der Waals surface area contributed by atoms with Crippen molar-refractivity contribution in [1.29, 1.82) is 0 Å². The summed E-state index contributed by atoms with van der Waals surface area (Å²) in [7, 11) is 0. The molecule has 1 aliphatic heterocycles. The van der Waals surface area contributed by atoms with Crippen molar-refractivity contribution in [3.63, 3.8) is 0 Å². The molecule has 16 heavy (non-hydrogen) atoms. The van der Waals surface area contributed by atoms with Gasteiger partial charge in [0.25, 0.3) is 0 Å². The predicted octanol–water partition coefficient (Wildman–Crippen LogP) is 0.964. The summed E-state index contributed by atoms with van der Waals surface area (Å²) in [5, 5.41) is 8.55. The van der Waals surface area contributed by atoms with Crippen LogP contribution in [-0.4, -0.2) is 35.9 Å². The fourth-order valence-corrected chi connectivity index (χ4v) is 2.46. The first kappa shape index (κ1) is 11.5. The SMILES string of the molecule is O=C(O)CC(=O)C1CCC2(CC1)OCCO2. The molecular formula is C11H16O5. The molecule has 1 heterocycles. The third-order valence-electron chi connectivity index (χ3n) is 3.34. The molecule has 2 aliphatic rings. The van der Waals surface area contributed by atoms with E-state index in [0.29, 0.717) is 38.9 Å². The van der Waals surface area contributed by atoms with Crippen molar-refractivity contribution >= 4 is 11.8 Å². The summed E-state index contributed by atoms with van der Waals surface area (Å²) in [5.74, 6) is -1.81. The van der Waals surface area contributed by atoms with E-state index >= 15 is 0 Å². The number of carboxylic acids is 1. The summed E-state index contributed by atoms with van der Waals surface area (Å²) < 4.78 is 11.1. The fraction of sp³-hybridized carbons (Fsp3) is 0.818. The van der Waals surface area contributed by atoms with E-state index in [-0.39, 0.29) is 18.1 Å². The number of carbonyl (C=O) groups excluding carboxylic acids is 1. The highest BCUT2D eigenvalue weighted by Crippen LogP contribution is 2.38. The van der Waals surface area contributed by atoms with Gasteiger partial charge in [0.05, 0.1) is 13.2 Å². The van der Waals surface area contributed by atoms with E-state index in [2.05, 4.69) is 0 Å². The van der Waals surface area contributed by atoms with Crippen LogP contribution in [0, 0.1) is 5.92 Å². The van der Waals surface area contributed by atoms with Gasteiger partial charge in [-0.1, -0.05) is 0 Å². The number of ketones is 1. The average Bonchev–Trinajstić information content (AvgIpc) is 2.66. The van der Waals surface area contributed by atoms with Gasteiger partial charge < -0.3 is 14.6 Å². The zero-order valence-electron chi connectivity index (χ0n) is 9.11. The number of hydrogen-bond donors (Lipinski definition) is 1. The zero-order chi connectivity index (χ0) is 11.6. The highest BCUT2D eigenvalue weighted by Gasteiger charge is 2.41. The Balaban J connectivity index is 1.85. The van der Waals surface area contributed by atoms with Crippen LogP contribution < -0.4 is 0 Å². The van der Waals surface area contributed by atoms with Gasteiger partial charge in [-0.05, 0) is 12.8 Å². The van der Waals surface area contributed by atoms with E-state index in [1.807, 2.05) is 0 Å². The smallest absolute Gasteiger partial charge is 0.310 e. The molecule has 0 aromatic rings. The molecule has 0 radical (unpaired) electrons. The molecule has 1 spiro atoms. The van der Waals surface area contributed by atoms with Crippen LogP contribution in [-0.2, 0) is 19.1 Å². The van der Waals surface area contributed by atoms with Crippen molar-refractivity contribution in [2.45, 2.75) is 37.9 Å². The van der Waals surface area contributed by atoms with Crippen molar-refractivity contribution in [2.75, 3.05) is 13.2 Å². The molecule has 1 saturated heterocycles. The van der Waals surface area contributed by atoms with Gasteiger partial charge in [-0.3, -0.25) is 9.59 Å². The van der Waals surface area contributed by atoms with Gasteiger partial charge in [-0.2, -0.15) is 0 Å². The van der Waals surface area contributed by atoms with E-state index < -0.39 is 11.8 Å². The summed E-state index contributed by atoms with van der Waals surface area (Å²) in [4.78, 5) is 22.0. The number of carbonyl (C=O) groups is 2. The number of aliphatic carboxylic acids is 1. The Labute approximate surface area is 93.7 Å². The highest BCUT2D eigenvalue weighted by molar-refractivity contribution is 5.96. The van der Waals surface area contributed by atoms with Crippen molar-refractivity contribution in [3.8, 4) is 0 Å². The molecule has 0 aromatic carbocycles. The van der Waals surface area contributed by atoms with Crippen LogP contribution in [0.5, 0.6) is 0 Å². The van der Waals surface area contributed by atoms with Crippen molar-refractivity contribution < 1.29 is 24.2 Å². The molecule has 5 nitrogen and oxygen atoms in total. The molecule has 5 heteroatoms. The van der Waals surface area contributed by atoms with Crippen LogP contribution in [0.1, 0.15) is 32.1 Å². The lowest BCUT2D eigenvalue weighted by Gasteiger charge is -2.34. The molecular weight excluding hydrogens is 212 g/mol. The van der Waals surface area contributed by atoms with Crippen molar-refractivity contribution in [2.24, 2.45) is 5.92 Å². The zero-order valence-corrected chi connectivity index (χ0v) is 9.11. The minimum atomic E-state index is -1.04. The van der Waals surface area contributed by atoms with E-state index in [9.17, 15) is 9.59 Å². The van der Waals surface area contributed by atoms with Crippen LogP contribution in [0.25, 0.3) is 0 Å². The Morgan fingerprint density at radius 3 is 2.25 bits per heavy atom. The monoisotopic (exact) mass is 228 g/mol. The van der Waals surface area contributed by atoms with Gasteiger partial charge in [0.2, 0.25) is 0 Å². The second-order valence-corrected chi connectivity index (χ2v) is 4.42. The Hall–Kier alpha value is -0.940. The summed E-state index contributed by atoms with van der Waals surface area (Å²) in [6.07, 6.45) is 2.38. The third-order valence-corrected chi connectivity index (χ3v) is 3.34. The second kappa shape index (κ2) is 4.51. The van der Waals surface area contributed by atoms with Gasteiger partial charge >= 0.3 is 5.97 Å². The van der Waals surface area contributed by atoms with Gasteiger partial charge in [-0.25, -0.2) is 0 Å². The molecule has 1 saturated carbocycles. The van der Waals surface area contributed by atoms with Gasteiger partial charge in [-0.15, -0.1) is 0 Å². The van der Waals surface area contributed by atoms with Gasteiger partial charge in [0.15, 0.2) is 5.79 Å². The first-order chi connectivity index (χ1) is 7.61. The summed E-state index contributed by atoms with van der Waals surface area (Å²) in [6.45, 7) is 1.24. The first-order valence-corrected chi connectivity index (χ1v) is 5.64. The van der Waals surface area contributed by atoms with E-state index in [0.717, 1.165) is 0 Å². The minimum Gasteiger partial charge on any atom is -0.481 e. The Morgan fingerprint density at radius 2 is 1.75 bits per heavy atom. The maximum Gasteiger partial charge on any atom is 0.310 e. The maximum atomic E-state index is 11.5. The van der Waals surface area contributed by atoms with Crippen molar-refractivity contribution in [1.82, 2.24) is 0 Å². The second-order valence-electron chi connectivity index (χ2n) is 4.42. The number of Topliss-reactive ketones (excluding diaryl/α,β-unsaturated/α-hetero) is 1. The van der Waals surface area contributed by atoms with E-state index in [1.54, 1.807) is 0 Å². The van der Waals surface area contributed by atoms with Gasteiger partial charge in [0, 0.05) is 18.8 Å². The number of carboxylic acid groups (broad SMARTS) is 1. The molecule has 0 aromatic heterocycles. The highest BCUT2D eigenvalue weighted by atomic mass is 16.7. The van der Waals surface area contributed by atoms with E-state index in [1.165, 1.54) is 0 Å².